The third-order valence-corrected chi connectivity index (χ3v) is 4.53. The number of aliphatic hydroxyl groups excluding tert-OH is 1. The van der Waals surface area contributed by atoms with Crippen LogP contribution in [0, 0.1) is 33.6 Å². The van der Waals surface area contributed by atoms with E-state index < -0.39 is 0 Å². The topological polar surface area (TPSA) is 46.2 Å². The Labute approximate surface area is 118 Å². The predicted octanol–water partition coefficient (Wildman–Crippen LogP) is 3.37. The molecule has 0 heterocycles. The molecule has 0 aliphatic carbocycles. The minimum absolute atomic E-state index is 0.190. The summed E-state index contributed by atoms with van der Waals surface area (Å²) in [4.78, 5) is 0. The van der Waals surface area contributed by atoms with Crippen LogP contribution in [-0.2, 0) is 0 Å². The molecule has 19 heavy (non-hydrogen) atoms. The van der Waals surface area contributed by atoms with Crippen LogP contribution in [0.1, 0.15) is 53.5 Å². The van der Waals surface area contributed by atoms with Gasteiger partial charge in [0.15, 0.2) is 0 Å². The van der Waals surface area contributed by atoms with Crippen molar-refractivity contribution < 1.29 is 5.11 Å². The zero-order valence-electron chi connectivity index (χ0n) is 13.1. The van der Waals surface area contributed by atoms with Gasteiger partial charge in [-0.1, -0.05) is 13.0 Å². The second-order valence-corrected chi connectivity index (χ2v) is 5.80. The molecule has 0 aliphatic heterocycles. The summed E-state index contributed by atoms with van der Waals surface area (Å²) in [5.74, 6) is 0.712. The average molecular weight is 263 g/mol. The van der Waals surface area contributed by atoms with E-state index in [1.165, 1.54) is 27.8 Å². The summed E-state index contributed by atoms with van der Waals surface area (Å²) in [6, 6.07) is 2.27. The van der Waals surface area contributed by atoms with Crippen molar-refractivity contribution in [3.05, 3.63) is 33.9 Å². The van der Waals surface area contributed by atoms with Gasteiger partial charge in [0.05, 0.1) is 0 Å². The molecule has 1 aromatic carbocycles. The summed E-state index contributed by atoms with van der Waals surface area (Å²) in [7, 11) is 0. The number of rotatable bonds is 6. The van der Waals surface area contributed by atoms with Gasteiger partial charge in [-0.05, 0) is 86.7 Å². The minimum Gasteiger partial charge on any atom is -0.396 e. The first-order valence-electron chi connectivity index (χ1n) is 7.34. The van der Waals surface area contributed by atoms with Gasteiger partial charge in [0.25, 0.3) is 0 Å². The summed E-state index contributed by atoms with van der Waals surface area (Å²) in [6.07, 6.45) is 2.08. The zero-order chi connectivity index (χ0) is 14.6. The molecule has 0 fully saturated rings. The molecule has 108 valence electrons. The van der Waals surface area contributed by atoms with E-state index in [0.29, 0.717) is 12.5 Å². The van der Waals surface area contributed by atoms with Crippen LogP contribution < -0.4 is 5.73 Å². The number of hydrogen-bond acceptors (Lipinski definition) is 2. The smallest absolute Gasteiger partial charge is 0.0471 e. The van der Waals surface area contributed by atoms with Crippen LogP contribution in [0.25, 0.3) is 0 Å². The van der Waals surface area contributed by atoms with Crippen molar-refractivity contribution in [1.82, 2.24) is 0 Å². The maximum Gasteiger partial charge on any atom is 0.0471 e. The lowest BCUT2D eigenvalue weighted by molar-refractivity contribution is 0.214. The highest BCUT2D eigenvalue weighted by Crippen LogP contribution is 2.34. The van der Waals surface area contributed by atoms with Crippen molar-refractivity contribution in [2.45, 2.75) is 53.4 Å². The molecule has 3 N–H and O–H groups in total. The molecule has 2 heteroatoms. The van der Waals surface area contributed by atoms with Crippen molar-refractivity contribution in [2.24, 2.45) is 11.7 Å². The molecule has 2 unspecified atom stereocenters. The lowest BCUT2D eigenvalue weighted by Gasteiger charge is -2.26. The van der Waals surface area contributed by atoms with Crippen molar-refractivity contribution in [3.8, 4) is 0 Å². The van der Waals surface area contributed by atoms with Crippen molar-refractivity contribution in [1.29, 1.82) is 0 Å². The summed E-state index contributed by atoms with van der Waals surface area (Å²) in [6.45, 7) is 11.8. The maximum atomic E-state index is 9.39. The highest BCUT2D eigenvalue weighted by molar-refractivity contribution is 5.45. The molecule has 2 atom stereocenters. The Kier molecular flexibility index (Phi) is 6.02. The van der Waals surface area contributed by atoms with Crippen LogP contribution in [0.15, 0.2) is 6.07 Å². The number of aryl methyl sites for hydroxylation is 2. The van der Waals surface area contributed by atoms with Crippen molar-refractivity contribution >= 4 is 0 Å². The van der Waals surface area contributed by atoms with E-state index in [1.54, 1.807) is 0 Å². The first-order chi connectivity index (χ1) is 8.96. The highest BCUT2D eigenvalue weighted by Gasteiger charge is 2.20. The van der Waals surface area contributed by atoms with E-state index >= 15 is 0 Å². The second-order valence-electron chi connectivity index (χ2n) is 5.80. The van der Waals surface area contributed by atoms with Crippen molar-refractivity contribution in [3.63, 3.8) is 0 Å². The lowest BCUT2D eigenvalue weighted by atomic mass is 9.80. The zero-order valence-corrected chi connectivity index (χ0v) is 13.1. The molecule has 1 rings (SSSR count). The molecular formula is C17H29NO. The van der Waals surface area contributed by atoms with Gasteiger partial charge in [0.1, 0.15) is 0 Å². The molecule has 2 nitrogen and oxygen atoms in total. The van der Waals surface area contributed by atoms with Crippen LogP contribution in [-0.4, -0.2) is 18.3 Å². The Morgan fingerprint density at radius 2 is 1.63 bits per heavy atom. The summed E-state index contributed by atoms with van der Waals surface area (Å²) < 4.78 is 0. The van der Waals surface area contributed by atoms with E-state index in [4.69, 9.17) is 5.73 Å². The summed E-state index contributed by atoms with van der Waals surface area (Å²) in [5, 5.41) is 9.39. The van der Waals surface area contributed by atoms with E-state index in [2.05, 4.69) is 40.7 Å². The van der Waals surface area contributed by atoms with Gasteiger partial charge in [0, 0.05) is 6.61 Å². The largest absolute Gasteiger partial charge is 0.396 e. The molecule has 0 aromatic heterocycles. The Bertz CT molecular complexity index is 396. The van der Waals surface area contributed by atoms with Crippen molar-refractivity contribution in [2.75, 3.05) is 13.2 Å². The molecule has 0 saturated carbocycles. The molecule has 0 saturated heterocycles. The van der Waals surface area contributed by atoms with Crippen LogP contribution in [0.2, 0.25) is 0 Å². The SMILES string of the molecule is CCC(CC(CN)CO)c1c(C)c(C)cc(C)c1C. The fraction of sp³-hybridized carbons (Fsp3) is 0.647. The van der Waals surface area contributed by atoms with Crippen LogP contribution >= 0.6 is 0 Å². The van der Waals surface area contributed by atoms with Gasteiger partial charge in [-0.2, -0.15) is 0 Å². The normalized spacial score (nSPS) is 14.5. The molecule has 0 radical (unpaired) electrons. The fourth-order valence-corrected chi connectivity index (χ4v) is 3.00. The van der Waals surface area contributed by atoms with Gasteiger partial charge in [0.2, 0.25) is 0 Å². The molecule has 0 bridgehead atoms. The summed E-state index contributed by atoms with van der Waals surface area (Å²) >= 11 is 0. The molecule has 1 aromatic rings. The first kappa shape index (κ1) is 16.2. The van der Waals surface area contributed by atoms with Gasteiger partial charge in [-0.15, -0.1) is 0 Å². The van der Waals surface area contributed by atoms with Gasteiger partial charge in [-0.3, -0.25) is 0 Å². The number of aliphatic hydroxyl groups is 1. The van der Waals surface area contributed by atoms with E-state index in [1.807, 2.05) is 0 Å². The van der Waals surface area contributed by atoms with Crippen LogP contribution in [0.3, 0.4) is 0 Å². The second kappa shape index (κ2) is 7.06. The van der Waals surface area contributed by atoms with E-state index in [-0.39, 0.29) is 12.5 Å². The van der Waals surface area contributed by atoms with Gasteiger partial charge < -0.3 is 10.8 Å². The third kappa shape index (κ3) is 3.58. The Morgan fingerprint density at radius 1 is 1.11 bits per heavy atom. The first-order valence-corrected chi connectivity index (χ1v) is 7.34. The number of benzene rings is 1. The van der Waals surface area contributed by atoms with E-state index in [0.717, 1.165) is 12.8 Å². The minimum atomic E-state index is 0.190. The Hall–Kier alpha value is -0.860. The predicted molar refractivity (Wildman–Crippen MR) is 82.7 cm³/mol. The average Bonchev–Trinajstić information content (AvgIpc) is 2.40. The highest BCUT2D eigenvalue weighted by atomic mass is 16.3. The van der Waals surface area contributed by atoms with Crippen LogP contribution in [0.4, 0.5) is 0 Å². The number of nitrogens with two attached hydrogens (primary N) is 1. The molecule has 0 aliphatic rings. The summed E-state index contributed by atoms with van der Waals surface area (Å²) in [5.41, 5.74) is 12.8. The maximum absolute atomic E-state index is 9.39. The third-order valence-electron chi connectivity index (χ3n) is 4.53. The molecular weight excluding hydrogens is 234 g/mol. The lowest BCUT2D eigenvalue weighted by Crippen LogP contribution is -2.21. The monoisotopic (exact) mass is 263 g/mol. The quantitative estimate of drug-likeness (QED) is 0.826. The molecule has 0 amide bonds. The number of hydrogen-bond donors (Lipinski definition) is 2. The van der Waals surface area contributed by atoms with E-state index in [9.17, 15) is 5.11 Å². The Balaban J connectivity index is 3.17. The van der Waals surface area contributed by atoms with Gasteiger partial charge in [-0.25, -0.2) is 0 Å². The Morgan fingerprint density at radius 3 is 2.00 bits per heavy atom. The van der Waals surface area contributed by atoms with Crippen LogP contribution in [0.5, 0.6) is 0 Å². The molecule has 0 spiro atoms. The fourth-order valence-electron chi connectivity index (χ4n) is 3.00. The standard InChI is InChI=1S/C17H29NO/c1-6-16(8-15(9-18)10-19)17-13(4)11(2)7-12(3)14(17)5/h7,15-16,19H,6,8-10,18H2,1-5H3. The van der Waals surface area contributed by atoms with Gasteiger partial charge >= 0.3 is 0 Å².